The number of halogens is 1. The van der Waals surface area contributed by atoms with E-state index >= 15 is 0 Å². The van der Waals surface area contributed by atoms with Gasteiger partial charge in [0, 0.05) is 18.8 Å². The average molecular weight is 363 g/mol. The molecule has 5 nitrogen and oxygen atoms in total. The molecule has 0 rings (SSSR count). The summed E-state index contributed by atoms with van der Waals surface area (Å²) in [5.41, 5.74) is 0. The summed E-state index contributed by atoms with van der Waals surface area (Å²) < 4.78 is 26.9. The van der Waals surface area contributed by atoms with E-state index in [1.54, 1.807) is 0 Å². The van der Waals surface area contributed by atoms with Crippen molar-refractivity contribution >= 4 is 38.4 Å². The normalized spacial score (nSPS) is 13.4. The first kappa shape index (κ1) is 16.1. The Labute approximate surface area is 110 Å². The number of alkyl halides is 1. The Morgan fingerprint density at radius 2 is 2.06 bits per heavy atom. The summed E-state index contributed by atoms with van der Waals surface area (Å²) in [5, 5.41) is 2.93. The fourth-order valence-corrected chi connectivity index (χ4v) is 2.93. The number of hydrogen-bond acceptors (Lipinski definition) is 5. The van der Waals surface area contributed by atoms with Crippen molar-refractivity contribution in [2.75, 3.05) is 31.7 Å². The van der Waals surface area contributed by atoms with Crippen LogP contribution in [0.3, 0.4) is 0 Å². The van der Waals surface area contributed by atoms with E-state index in [4.69, 9.17) is 0 Å². The van der Waals surface area contributed by atoms with E-state index in [9.17, 15) is 13.2 Å². The van der Waals surface area contributed by atoms with Gasteiger partial charge in [-0.15, -0.1) is 0 Å². The highest BCUT2D eigenvalue weighted by Gasteiger charge is 2.15. The van der Waals surface area contributed by atoms with Crippen LogP contribution < -0.4 is 5.32 Å². The molecule has 1 atom stereocenters. The molecular weight excluding hydrogens is 345 g/mol. The lowest BCUT2D eigenvalue weighted by Gasteiger charge is -2.09. The van der Waals surface area contributed by atoms with Crippen molar-refractivity contribution in [1.82, 2.24) is 5.32 Å². The molecule has 0 saturated carbocycles. The van der Waals surface area contributed by atoms with E-state index in [0.717, 1.165) is 0 Å². The smallest absolute Gasteiger partial charge is 0.319 e. The van der Waals surface area contributed by atoms with Gasteiger partial charge in [-0.2, -0.15) is 0 Å². The van der Waals surface area contributed by atoms with Crippen LogP contribution in [0.15, 0.2) is 0 Å². The number of sulfone groups is 1. The molecular formula is C9H18INO4S. The van der Waals surface area contributed by atoms with Gasteiger partial charge in [-0.05, 0) is 6.42 Å². The Balaban J connectivity index is 3.72. The van der Waals surface area contributed by atoms with Crippen molar-refractivity contribution in [3.63, 3.8) is 0 Å². The van der Waals surface area contributed by atoms with Crippen LogP contribution in [0.4, 0.5) is 0 Å². The molecule has 0 saturated heterocycles. The molecule has 0 aromatic rings. The van der Waals surface area contributed by atoms with E-state index in [0.29, 0.717) is 19.5 Å². The summed E-state index contributed by atoms with van der Waals surface area (Å²) in [5.74, 6) is 0.0366. The predicted octanol–water partition coefficient (Wildman–Crippen LogP) is 0.377. The largest absolute Gasteiger partial charge is 0.468 e. The van der Waals surface area contributed by atoms with Crippen LogP contribution in [-0.4, -0.2) is 50.0 Å². The van der Waals surface area contributed by atoms with Crippen LogP contribution in [0.1, 0.15) is 13.3 Å². The third-order valence-electron chi connectivity index (χ3n) is 1.89. The summed E-state index contributed by atoms with van der Waals surface area (Å²) in [6.07, 6.45) is 0.638. The fraction of sp³-hybridized carbons (Fsp3) is 0.889. The second-order valence-electron chi connectivity index (χ2n) is 3.35. The van der Waals surface area contributed by atoms with E-state index in [1.807, 2.05) is 29.5 Å². The van der Waals surface area contributed by atoms with Crippen molar-refractivity contribution in [3.8, 4) is 0 Å². The first-order chi connectivity index (χ1) is 7.43. The van der Waals surface area contributed by atoms with Crippen LogP contribution in [0, 0.1) is 0 Å². The second kappa shape index (κ2) is 8.24. The maximum atomic E-state index is 11.3. The molecule has 0 heterocycles. The first-order valence-electron chi connectivity index (χ1n) is 5.06. The van der Waals surface area contributed by atoms with Crippen LogP contribution in [0.2, 0.25) is 0 Å². The lowest BCUT2D eigenvalue weighted by atomic mass is 10.4. The highest BCUT2D eigenvalue weighted by Crippen LogP contribution is 2.00. The number of esters is 1. The van der Waals surface area contributed by atoms with Gasteiger partial charge in [-0.1, -0.05) is 29.5 Å². The standard InChI is InChI=1S/C9H18INO4S/c1-3-5-16(13,14)6-4-11-7-8(10)9(12)15-2/h8,11H,3-7H2,1-2H3. The molecule has 0 fully saturated rings. The molecule has 16 heavy (non-hydrogen) atoms. The fourth-order valence-electron chi connectivity index (χ4n) is 1.08. The minimum atomic E-state index is -2.94. The van der Waals surface area contributed by atoms with Crippen molar-refractivity contribution in [2.45, 2.75) is 17.3 Å². The van der Waals surface area contributed by atoms with E-state index in [2.05, 4.69) is 10.1 Å². The minimum Gasteiger partial charge on any atom is -0.468 e. The quantitative estimate of drug-likeness (QED) is 0.292. The molecule has 1 unspecified atom stereocenters. The summed E-state index contributed by atoms with van der Waals surface area (Å²) >= 11 is 1.96. The Bertz CT molecular complexity index is 305. The zero-order chi connectivity index (χ0) is 12.6. The Morgan fingerprint density at radius 3 is 2.56 bits per heavy atom. The molecule has 0 bridgehead atoms. The lowest BCUT2D eigenvalue weighted by Crippen LogP contribution is -2.33. The second-order valence-corrected chi connectivity index (χ2v) is 7.15. The number of carbonyl (C=O) groups is 1. The first-order valence-corrected chi connectivity index (χ1v) is 8.12. The molecule has 0 amide bonds. The number of methoxy groups -OCH3 is 1. The van der Waals surface area contributed by atoms with Crippen LogP contribution in [0.25, 0.3) is 0 Å². The molecule has 96 valence electrons. The van der Waals surface area contributed by atoms with Crippen molar-refractivity contribution in [3.05, 3.63) is 0 Å². The highest BCUT2D eigenvalue weighted by atomic mass is 127. The Morgan fingerprint density at radius 1 is 1.44 bits per heavy atom. The van der Waals surface area contributed by atoms with E-state index < -0.39 is 9.84 Å². The maximum Gasteiger partial charge on any atom is 0.319 e. The molecule has 0 aliphatic rings. The van der Waals surface area contributed by atoms with Gasteiger partial charge in [0.25, 0.3) is 0 Å². The van der Waals surface area contributed by atoms with Gasteiger partial charge in [-0.3, -0.25) is 4.79 Å². The van der Waals surface area contributed by atoms with Gasteiger partial charge in [0.05, 0.1) is 12.9 Å². The summed E-state index contributed by atoms with van der Waals surface area (Å²) in [6, 6.07) is 0. The predicted molar refractivity (Wildman–Crippen MR) is 71.6 cm³/mol. The van der Waals surface area contributed by atoms with Gasteiger partial charge in [0.15, 0.2) is 9.84 Å². The number of nitrogens with one attached hydrogen (secondary N) is 1. The Hall–Kier alpha value is 0.110. The van der Waals surface area contributed by atoms with E-state index in [-0.39, 0.29) is 21.4 Å². The van der Waals surface area contributed by atoms with Crippen LogP contribution in [0.5, 0.6) is 0 Å². The van der Waals surface area contributed by atoms with Crippen LogP contribution in [-0.2, 0) is 19.4 Å². The molecule has 0 aliphatic heterocycles. The molecule has 0 aliphatic carbocycles. The van der Waals surface area contributed by atoms with Crippen molar-refractivity contribution in [1.29, 1.82) is 0 Å². The van der Waals surface area contributed by atoms with Crippen molar-refractivity contribution in [2.24, 2.45) is 0 Å². The zero-order valence-corrected chi connectivity index (χ0v) is 12.5. The van der Waals surface area contributed by atoms with E-state index in [1.165, 1.54) is 7.11 Å². The van der Waals surface area contributed by atoms with Gasteiger partial charge < -0.3 is 10.1 Å². The Kier molecular flexibility index (Phi) is 8.29. The molecule has 1 N–H and O–H groups in total. The number of hydrogen-bond donors (Lipinski definition) is 1. The SMILES string of the molecule is CCCS(=O)(=O)CCNCC(I)C(=O)OC. The molecule has 0 radical (unpaired) electrons. The minimum absolute atomic E-state index is 0.116. The van der Waals surface area contributed by atoms with Crippen LogP contribution >= 0.6 is 22.6 Å². The van der Waals surface area contributed by atoms with Crippen molar-refractivity contribution < 1.29 is 17.9 Å². The van der Waals surface area contributed by atoms with Gasteiger partial charge in [0.1, 0.15) is 3.92 Å². The van der Waals surface area contributed by atoms with Gasteiger partial charge in [-0.25, -0.2) is 8.42 Å². The monoisotopic (exact) mass is 363 g/mol. The molecule has 0 aromatic heterocycles. The van der Waals surface area contributed by atoms with Gasteiger partial charge >= 0.3 is 5.97 Å². The number of rotatable bonds is 8. The average Bonchev–Trinajstić information content (AvgIpc) is 2.22. The summed E-state index contributed by atoms with van der Waals surface area (Å²) in [6.45, 7) is 2.64. The number of carbonyl (C=O) groups excluding carboxylic acids is 1. The zero-order valence-electron chi connectivity index (χ0n) is 9.53. The van der Waals surface area contributed by atoms with Gasteiger partial charge in [0.2, 0.25) is 0 Å². The molecule has 7 heteroatoms. The third kappa shape index (κ3) is 7.39. The molecule has 0 aromatic carbocycles. The highest BCUT2D eigenvalue weighted by molar-refractivity contribution is 14.1. The maximum absolute atomic E-state index is 11.3. The lowest BCUT2D eigenvalue weighted by molar-refractivity contribution is -0.139. The topological polar surface area (TPSA) is 72.5 Å². The summed E-state index contributed by atoms with van der Waals surface area (Å²) in [4.78, 5) is 11.0. The summed E-state index contributed by atoms with van der Waals surface area (Å²) in [7, 11) is -1.60. The number of ether oxygens (including phenoxy) is 1. The molecule has 0 spiro atoms. The third-order valence-corrected chi connectivity index (χ3v) is 4.69.